The fourth-order valence-corrected chi connectivity index (χ4v) is 2.73. The molecule has 2 rings (SSSR count). The molecular formula is C16H18Cl2N2. The summed E-state index contributed by atoms with van der Waals surface area (Å²) in [5.41, 5.74) is 7.49. The summed E-state index contributed by atoms with van der Waals surface area (Å²) >= 11 is 12.4. The van der Waals surface area contributed by atoms with Crippen molar-refractivity contribution >= 4 is 23.2 Å². The summed E-state index contributed by atoms with van der Waals surface area (Å²) in [6, 6.07) is 12.0. The lowest BCUT2D eigenvalue weighted by molar-refractivity contribution is 0.551. The van der Waals surface area contributed by atoms with Gasteiger partial charge in [0.1, 0.15) is 0 Å². The molecule has 2 nitrogen and oxygen atoms in total. The third kappa shape index (κ3) is 3.33. The predicted molar refractivity (Wildman–Crippen MR) is 86.1 cm³/mol. The lowest BCUT2D eigenvalue weighted by Gasteiger charge is -2.19. The molecule has 0 bridgehead atoms. The predicted octanol–water partition coefficient (Wildman–Crippen LogP) is 4.36. The van der Waals surface area contributed by atoms with Gasteiger partial charge in [0.15, 0.2) is 0 Å². The molecule has 0 aliphatic rings. The molecule has 1 unspecified atom stereocenters. The maximum Gasteiger partial charge on any atom is 0.0640 e. The highest BCUT2D eigenvalue weighted by molar-refractivity contribution is 6.42. The van der Waals surface area contributed by atoms with Crippen molar-refractivity contribution in [3.63, 3.8) is 0 Å². The molecule has 0 saturated carbocycles. The average Bonchev–Trinajstić information content (AvgIpc) is 2.43. The van der Waals surface area contributed by atoms with Crippen LogP contribution in [-0.4, -0.2) is 0 Å². The second kappa shape index (κ2) is 6.59. The smallest absolute Gasteiger partial charge is 0.0640 e. The van der Waals surface area contributed by atoms with E-state index in [1.54, 1.807) is 6.07 Å². The molecule has 0 amide bonds. The first kappa shape index (κ1) is 15.3. The van der Waals surface area contributed by atoms with Gasteiger partial charge in [-0.1, -0.05) is 59.1 Å². The highest BCUT2D eigenvalue weighted by atomic mass is 35.5. The number of rotatable bonds is 4. The number of aryl methyl sites for hydroxylation is 2. The molecule has 2 aromatic carbocycles. The Kier molecular flexibility index (Phi) is 5.06. The Hall–Kier alpha value is -1.06. The van der Waals surface area contributed by atoms with Gasteiger partial charge in [-0.25, -0.2) is 0 Å². The largest absolute Gasteiger partial charge is 0.271 e. The number of nitrogens with two attached hydrogens (primary N) is 1. The van der Waals surface area contributed by atoms with Crippen LogP contribution in [0.4, 0.5) is 0 Å². The van der Waals surface area contributed by atoms with Gasteiger partial charge in [-0.15, -0.1) is 0 Å². The van der Waals surface area contributed by atoms with Crippen molar-refractivity contribution in [1.29, 1.82) is 0 Å². The fourth-order valence-electron chi connectivity index (χ4n) is 2.29. The van der Waals surface area contributed by atoms with Crippen molar-refractivity contribution in [1.82, 2.24) is 5.43 Å². The number of hydrogen-bond acceptors (Lipinski definition) is 2. The van der Waals surface area contributed by atoms with E-state index in [0.717, 1.165) is 12.0 Å². The minimum atomic E-state index is -0.0679. The lowest BCUT2D eigenvalue weighted by atomic mass is 9.95. The van der Waals surface area contributed by atoms with E-state index in [1.807, 2.05) is 12.1 Å². The van der Waals surface area contributed by atoms with Crippen molar-refractivity contribution in [2.75, 3.05) is 0 Å². The molecule has 0 spiro atoms. The number of hydrogen-bond donors (Lipinski definition) is 2. The van der Waals surface area contributed by atoms with Crippen molar-refractivity contribution in [3.05, 3.63) is 68.7 Å². The summed E-state index contributed by atoms with van der Waals surface area (Å²) in [7, 11) is 0. The lowest BCUT2D eigenvalue weighted by Crippen LogP contribution is -2.30. The second-order valence-electron chi connectivity index (χ2n) is 5.00. The summed E-state index contributed by atoms with van der Waals surface area (Å²) in [5.74, 6) is 5.71. The molecule has 1 atom stereocenters. The standard InChI is InChI=1S/C16H18Cl2N2/c1-10-6-7-11(2)12(8-10)9-15(20-19)13-4-3-5-14(17)16(13)18/h3-8,15,20H,9,19H2,1-2H3. The molecule has 0 aromatic heterocycles. The fraction of sp³-hybridized carbons (Fsp3) is 0.250. The zero-order valence-corrected chi connectivity index (χ0v) is 13.1. The van der Waals surface area contributed by atoms with E-state index >= 15 is 0 Å². The molecule has 4 heteroatoms. The molecule has 20 heavy (non-hydrogen) atoms. The topological polar surface area (TPSA) is 38.0 Å². The molecule has 0 aliphatic carbocycles. The molecule has 0 fully saturated rings. The van der Waals surface area contributed by atoms with Gasteiger partial charge in [-0.05, 0) is 43.0 Å². The maximum absolute atomic E-state index is 6.28. The monoisotopic (exact) mass is 308 g/mol. The van der Waals surface area contributed by atoms with E-state index < -0.39 is 0 Å². The Labute approximate surface area is 129 Å². The van der Waals surface area contributed by atoms with E-state index in [2.05, 4.69) is 37.5 Å². The third-order valence-electron chi connectivity index (χ3n) is 3.49. The number of nitrogens with one attached hydrogen (secondary N) is 1. The number of benzene rings is 2. The molecule has 3 N–H and O–H groups in total. The molecular weight excluding hydrogens is 291 g/mol. The summed E-state index contributed by atoms with van der Waals surface area (Å²) < 4.78 is 0. The SMILES string of the molecule is Cc1ccc(C)c(CC(NN)c2cccc(Cl)c2Cl)c1. The number of halogens is 2. The normalized spacial score (nSPS) is 12.4. The van der Waals surface area contributed by atoms with Gasteiger partial charge in [-0.3, -0.25) is 11.3 Å². The average molecular weight is 309 g/mol. The van der Waals surface area contributed by atoms with Crippen LogP contribution < -0.4 is 11.3 Å². The first-order chi connectivity index (χ1) is 9.52. The second-order valence-corrected chi connectivity index (χ2v) is 5.78. The van der Waals surface area contributed by atoms with Crippen LogP contribution in [-0.2, 0) is 6.42 Å². The first-order valence-corrected chi connectivity index (χ1v) is 7.24. The van der Waals surface area contributed by atoms with E-state index in [1.165, 1.54) is 16.7 Å². The third-order valence-corrected chi connectivity index (χ3v) is 4.32. The Morgan fingerprint density at radius 1 is 1.15 bits per heavy atom. The zero-order valence-electron chi connectivity index (χ0n) is 11.6. The van der Waals surface area contributed by atoms with Gasteiger partial charge in [0.05, 0.1) is 16.1 Å². The summed E-state index contributed by atoms with van der Waals surface area (Å²) in [6.07, 6.45) is 0.768. The van der Waals surface area contributed by atoms with E-state index in [-0.39, 0.29) is 6.04 Å². The van der Waals surface area contributed by atoms with Crippen molar-refractivity contribution < 1.29 is 0 Å². The minimum Gasteiger partial charge on any atom is -0.271 e. The molecule has 0 aliphatic heterocycles. The van der Waals surface area contributed by atoms with Gasteiger partial charge in [0.2, 0.25) is 0 Å². The quantitative estimate of drug-likeness (QED) is 0.650. The number of hydrazine groups is 1. The van der Waals surface area contributed by atoms with Crippen molar-refractivity contribution in [2.24, 2.45) is 5.84 Å². The van der Waals surface area contributed by atoms with Crippen LogP contribution in [0, 0.1) is 13.8 Å². The highest BCUT2D eigenvalue weighted by Crippen LogP contribution is 2.31. The summed E-state index contributed by atoms with van der Waals surface area (Å²) in [4.78, 5) is 0. The Morgan fingerprint density at radius 2 is 1.90 bits per heavy atom. The van der Waals surface area contributed by atoms with Crippen LogP contribution >= 0.6 is 23.2 Å². The first-order valence-electron chi connectivity index (χ1n) is 6.49. The van der Waals surface area contributed by atoms with Crippen LogP contribution in [0.25, 0.3) is 0 Å². The van der Waals surface area contributed by atoms with Crippen molar-refractivity contribution in [3.8, 4) is 0 Å². The van der Waals surface area contributed by atoms with Gasteiger partial charge >= 0.3 is 0 Å². The minimum absolute atomic E-state index is 0.0679. The molecule has 2 aromatic rings. The summed E-state index contributed by atoms with van der Waals surface area (Å²) in [5, 5.41) is 1.10. The summed E-state index contributed by atoms with van der Waals surface area (Å²) in [6.45, 7) is 4.18. The molecule has 0 heterocycles. The van der Waals surface area contributed by atoms with E-state index in [9.17, 15) is 0 Å². The van der Waals surface area contributed by atoms with Crippen LogP contribution in [0.3, 0.4) is 0 Å². The van der Waals surface area contributed by atoms with E-state index in [0.29, 0.717) is 10.0 Å². The Morgan fingerprint density at radius 3 is 2.60 bits per heavy atom. The Bertz CT molecular complexity index is 611. The molecule has 106 valence electrons. The van der Waals surface area contributed by atoms with Gasteiger partial charge in [0.25, 0.3) is 0 Å². The van der Waals surface area contributed by atoms with Gasteiger partial charge in [0, 0.05) is 0 Å². The maximum atomic E-state index is 6.28. The van der Waals surface area contributed by atoms with Gasteiger partial charge < -0.3 is 0 Å². The highest BCUT2D eigenvalue weighted by Gasteiger charge is 2.16. The van der Waals surface area contributed by atoms with Gasteiger partial charge in [-0.2, -0.15) is 0 Å². The molecule has 0 saturated heterocycles. The Balaban J connectivity index is 2.34. The van der Waals surface area contributed by atoms with Crippen LogP contribution in [0.1, 0.15) is 28.3 Å². The van der Waals surface area contributed by atoms with Crippen molar-refractivity contribution in [2.45, 2.75) is 26.3 Å². The van der Waals surface area contributed by atoms with Crippen LogP contribution in [0.2, 0.25) is 10.0 Å². The molecule has 0 radical (unpaired) electrons. The van der Waals surface area contributed by atoms with Crippen LogP contribution in [0.15, 0.2) is 36.4 Å². The zero-order chi connectivity index (χ0) is 14.7. The van der Waals surface area contributed by atoms with E-state index in [4.69, 9.17) is 29.0 Å². The van der Waals surface area contributed by atoms with Crippen LogP contribution in [0.5, 0.6) is 0 Å².